The number of allylic oxidation sites excluding steroid dienone is 1. The summed E-state index contributed by atoms with van der Waals surface area (Å²) in [6.07, 6.45) is -1.00. The molecule has 2 aromatic carbocycles. The van der Waals surface area contributed by atoms with Crippen molar-refractivity contribution in [2.75, 3.05) is 6.61 Å². The molecule has 3 nitrogen and oxygen atoms in total. The smallest absolute Gasteiger partial charge is 0.162 e. The number of aliphatic hydroxyl groups excluding tert-OH is 2. The number of benzene rings is 2. The predicted molar refractivity (Wildman–Crippen MR) is 125 cm³/mol. The van der Waals surface area contributed by atoms with E-state index in [1.165, 1.54) is 41.7 Å². The molecule has 3 aromatic rings. The normalized spacial score (nSPS) is 21.1. The second kappa shape index (κ2) is 11.6. The number of halogens is 3. The van der Waals surface area contributed by atoms with E-state index >= 15 is 4.39 Å². The molecule has 0 bridgehead atoms. The zero-order valence-electron chi connectivity index (χ0n) is 18.3. The third-order valence-corrected chi connectivity index (χ3v) is 6.42. The third-order valence-electron chi connectivity index (χ3n) is 5.25. The van der Waals surface area contributed by atoms with Gasteiger partial charge in [0.15, 0.2) is 6.17 Å². The Morgan fingerprint density at radius 3 is 2.48 bits per heavy atom. The Morgan fingerprint density at radius 1 is 1.12 bits per heavy atom. The summed E-state index contributed by atoms with van der Waals surface area (Å²) in [5.41, 5.74) is 1.21. The van der Waals surface area contributed by atoms with Gasteiger partial charge < -0.3 is 14.9 Å². The second-order valence-electron chi connectivity index (χ2n) is 7.82. The van der Waals surface area contributed by atoms with Crippen molar-refractivity contribution < 1.29 is 28.1 Å². The number of thiophene rings is 1. The van der Waals surface area contributed by atoms with E-state index in [9.17, 15) is 19.0 Å². The van der Waals surface area contributed by atoms with Gasteiger partial charge in [0.2, 0.25) is 0 Å². The standard InChI is InChI=1S/C23H21F3O3S.C3H6/c24-15-4-1-13(2-5-15)21-7-8-22(30-21)23(26)18-9-14(3-6-19(18)25)20-11-16(28)10-17(12-27)29-20;1-3-2/h1-9,16-17,20,23,27-28H,10-12H2;3H,1H2,2H3. The minimum Gasteiger partial charge on any atom is -0.394 e. The van der Waals surface area contributed by atoms with E-state index in [2.05, 4.69) is 6.58 Å². The van der Waals surface area contributed by atoms with Gasteiger partial charge in [0.05, 0.1) is 24.9 Å². The van der Waals surface area contributed by atoms with Gasteiger partial charge in [0, 0.05) is 28.2 Å². The lowest BCUT2D eigenvalue weighted by atomic mass is 9.94. The van der Waals surface area contributed by atoms with Crippen molar-refractivity contribution in [1.29, 1.82) is 0 Å². The predicted octanol–water partition coefficient (Wildman–Crippen LogP) is 6.52. The van der Waals surface area contributed by atoms with Crippen LogP contribution in [-0.4, -0.2) is 29.0 Å². The van der Waals surface area contributed by atoms with Crippen LogP contribution >= 0.6 is 11.3 Å². The molecule has 0 radical (unpaired) electrons. The molecular formula is C26H27F3O3S. The lowest BCUT2D eigenvalue weighted by Crippen LogP contribution is -2.33. The lowest BCUT2D eigenvalue weighted by molar-refractivity contribution is -0.113. The summed E-state index contributed by atoms with van der Waals surface area (Å²) in [5, 5.41) is 19.4. The van der Waals surface area contributed by atoms with E-state index < -0.39 is 30.3 Å². The highest BCUT2D eigenvalue weighted by Crippen LogP contribution is 2.39. The van der Waals surface area contributed by atoms with Crippen LogP contribution in [0.5, 0.6) is 0 Å². The number of alkyl halides is 1. The summed E-state index contributed by atoms with van der Waals surface area (Å²) in [6.45, 7) is 5.02. The molecule has 2 heterocycles. The van der Waals surface area contributed by atoms with E-state index in [0.717, 1.165) is 10.4 Å². The fraction of sp³-hybridized carbons (Fsp3) is 0.308. The number of rotatable bonds is 5. The maximum atomic E-state index is 15.3. The van der Waals surface area contributed by atoms with Gasteiger partial charge in [0.1, 0.15) is 11.6 Å². The number of hydrogen-bond acceptors (Lipinski definition) is 4. The Labute approximate surface area is 195 Å². The molecule has 0 spiro atoms. The van der Waals surface area contributed by atoms with Crippen LogP contribution in [0.25, 0.3) is 10.4 Å². The minimum atomic E-state index is -1.67. The van der Waals surface area contributed by atoms with Crippen molar-refractivity contribution >= 4 is 11.3 Å². The fourth-order valence-electron chi connectivity index (χ4n) is 3.69. The highest BCUT2D eigenvalue weighted by molar-refractivity contribution is 7.15. The highest BCUT2D eigenvalue weighted by atomic mass is 32.1. The molecule has 4 unspecified atom stereocenters. The monoisotopic (exact) mass is 476 g/mol. The van der Waals surface area contributed by atoms with Crippen LogP contribution in [-0.2, 0) is 4.74 Å². The first-order valence-corrected chi connectivity index (χ1v) is 11.5. The number of hydrogen-bond donors (Lipinski definition) is 2. The largest absolute Gasteiger partial charge is 0.394 e. The highest BCUT2D eigenvalue weighted by Gasteiger charge is 2.30. The van der Waals surface area contributed by atoms with Crippen molar-refractivity contribution in [3.63, 3.8) is 0 Å². The van der Waals surface area contributed by atoms with Gasteiger partial charge in [-0.15, -0.1) is 17.9 Å². The summed E-state index contributed by atoms with van der Waals surface area (Å²) in [5.74, 6) is -1.02. The van der Waals surface area contributed by atoms with E-state index in [-0.39, 0.29) is 18.0 Å². The minimum absolute atomic E-state index is 0.107. The molecule has 0 amide bonds. The first kappa shape index (κ1) is 25.2. The Hall–Kier alpha value is -2.45. The third kappa shape index (κ3) is 6.32. The zero-order chi connectivity index (χ0) is 24.0. The molecule has 0 aliphatic carbocycles. The van der Waals surface area contributed by atoms with Gasteiger partial charge in [-0.2, -0.15) is 0 Å². The molecule has 0 saturated carbocycles. The SMILES string of the molecule is C=CC.OCC1CC(O)CC(c2ccc(F)c(C(F)c3ccc(-c4ccc(F)cc4)s3)c2)O1. The maximum absolute atomic E-state index is 15.3. The van der Waals surface area contributed by atoms with Crippen molar-refractivity contribution in [2.45, 2.75) is 44.2 Å². The average Bonchev–Trinajstić information content (AvgIpc) is 3.30. The van der Waals surface area contributed by atoms with Crippen molar-refractivity contribution in [2.24, 2.45) is 0 Å². The van der Waals surface area contributed by atoms with E-state index in [1.807, 2.05) is 6.92 Å². The Morgan fingerprint density at radius 2 is 1.82 bits per heavy atom. The average molecular weight is 477 g/mol. The Bertz CT molecular complexity index is 1050. The lowest BCUT2D eigenvalue weighted by Gasteiger charge is -2.32. The fourth-order valence-corrected chi connectivity index (χ4v) is 4.70. The van der Waals surface area contributed by atoms with Gasteiger partial charge in [-0.3, -0.25) is 0 Å². The summed E-state index contributed by atoms with van der Waals surface area (Å²) < 4.78 is 48.6. The van der Waals surface area contributed by atoms with Crippen molar-refractivity contribution in [3.05, 3.63) is 94.9 Å². The maximum Gasteiger partial charge on any atom is 0.162 e. The quantitative estimate of drug-likeness (QED) is 0.412. The van der Waals surface area contributed by atoms with Crippen molar-refractivity contribution in [1.82, 2.24) is 0 Å². The first-order valence-electron chi connectivity index (χ1n) is 10.7. The Kier molecular flexibility index (Phi) is 8.86. The molecule has 1 saturated heterocycles. The molecule has 1 aromatic heterocycles. The van der Waals surface area contributed by atoms with Gasteiger partial charge >= 0.3 is 0 Å². The van der Waals surface area contributed by atoms with Crippen LogP contribution in [0.4, 0.5) is 13.2 Å². The van der Waals surface area contributed by atoms with Crippen molar-refractivity contribution in [3.8, 4) is 10.4 Å². The van der Waals surface area contributed by atoms with Gasteiger partial charge in [-0.25, -0.2) is 13.2 Å². The number of ether oxygens (including phenoxy) is 1. The van der Waals surface area contributed by atoms with E-state index in [1.54, 1.807) is 30.3 Å². The molecule has 2 N–H and O–H groups in total. The van der Waals surface area contributed by atoms with Crippen LogP contribution < -0.4 is 0 Å². The van der Waals surface area contributed by atoms with Gasteiger partial charge in [-0.1, -0.05) is 24.3 Å². The molecule has 1 aliphatic heterocycles. The van der Waals surface area contributed by atoms with Crippen LogP contribution in [0.3, 0.4) is 0 Å². The van der Waals surface area contributed by atoms with Crippen LogP contribution in [0.2, 0.25) is 0 Å². The van der Waals surface area contributed by atoms with E-state index in [0.29, 0.717) is 23.3 Å². The first-order chi connectivity index (χ1) is 15.9. The summed E-state index contributed by atoms with van der Waals surface area (Å²) in [4.78, 5) is 1.09. The zero-order valence-corrected chi connectivity index (χ0v) is 19.1. The molecule has 4 atom stereocenters. The second-order valence-corrected chi connectivity index (χ2v) is 8.93. The summed E-state index contributed by atoms with van der Waals surface area (Å²) >= 11 is 1.18. The summed E-state index contributed by atoms with van der Waals surface area (Å²) in [6, 6.07) is 13.4. The molecule has 1 aliphatic rings. The van der Waals surface area contributed by atoms with Crippen LogP contribution in [0, 0.1) is 11.6 Å². The molecule has 176 valence electrons. The molecule has 33 heavy (non-hydrogen) atoms. The number of aliphatic hydroxyl groups is 2. The molecule has 7 heteroatoms. The van der Waals surface area contributed by atoms with E-state index in [4.69, 9.17) is 4.74 Å². The molecular weight excluding hydrogens is 449 g/mol. The van der Waals surface area contributed by atoms with Gasteiger partial charge in [-0.05, 0) is 54.4 Å². The molecule has 1 fully saturated rings. The van der Waals surface area contributed by atoms with Crippen LogP contribution in [0.15, 0.2) is 67.3 Å². The Balaban J connectivity index is 0.000000968. The van der Waals surface area contributed by atoms with Crippen LogP contribution in [0.1, 0.15) is 48.0 Å². The summed E-state index contributed by atoms with van der Waals surface area (Å²) in [7, 11) is 0. The topological polar surface area (TPSA) is 49.7 Å². The molecule has 4 rings (SSSR count). The van der Waals surface area contributed by atoms with Gasteiger partial charge in [0.25, 0.3) is 0 Å².